The van der Waals surface area contributed by atoms with Gasteiger partial charge in [0, 0.05) is 11.6 Å². The first-order chi connectivity index (χ1) is 14.6. The first-order valence-electron chi connectivity index (χ1n) is 10.4. The summed E-state index contributed by atoms with van der Waals surface area (Å²) in [5.74, 6) is -0.376. The average Bonchev–Trinajstić information content (AvgIpc) is 3.30. The molecule has 6 nitrogen and oxygen atoms in total. The molecular formula is C24H27NO5. The number of ether oxygens (including phenoxy) is 3. The molecule has 2 aliphatic rings. The van der Waals surface area contributed by atoms with E-state index in [0.29, 0.717) is 6.42 Å². The van der Waals surface area contributed by atoms with E-state index < -0.39 is 23.4 Å². The fourth-order valence-corrected chi connectivity index (χ4v) is 5.04. The van der Waals surface area contributed by atoms with Crippen LogP contribution >= 0.6 is 0 Å². The van der Waals surface area contributed by atoms with E-state index in [1.165, 1.54) is 0 Å². The Hall–Kier alpha value is -3.02. The Morgan fingerprint density at radius 3 is 2.23 bits per heavy atom. The summed E-state index contributed by atoms with van der Waals surface area (Å²) in [6, 6.07) is 15.4. The van der Waals surface area contributed by atoms with Gasteiger partial charge in [-0.25, -0.2) is 0 Å². The summed E-state index contributed by atoms with van der Waals surface area (Å²) in [7, 11) is 1.63. The molecule has 0 amide bonds. The maximum absolute atomic E-state index is 13.3. The van der Waals surface area contributed by atoms with Gasteiger partial charge in [0.2, 0.25) is 0 Å². The van der Waals surface area contributed by atoms with E-state index in [9.17, 15) is 9.59 Å². The van der Waals surface area contributed by atoms with Crippen LogP contribution in [0.3, 0.4) is 0 Å². The second-order valence-electron chi connectivity index (χ2n) is 7.73. The van der Waals surface area contributed by atoms with Gasteiger partial charge in [-0.2, -0.15) is 0 Å². The van der Waals surface area contributed by atoms with Crippen LogP contribution in [0.4, 0.5) is 5.69 Å². The van der Waals surface area contributed by atoms with Crippen LogP contribution in [0.2, 0.25) is 0 Å². The topological polar surface area (TPSA) is 73.9 Å². The lowest BCUT2D eigenvalue weighted by atomic mass is 9.80. The van der Waals surface area contributed by atoms with Crippen LogP contribution in [-0.2, 0) is 19.1 Å². The zero-order valence-corrected chi connectivity index (χ0v) is 17.5. The molecule has 1 aliphatic heterocycles. The number of hydrogen-bond donors (Lipinski definition) is 1. The van der Waals surface area contributed by atoms with Crippen molar-refractivity contribution < 1.29 is 23.8 Å². The second-order valence-corrected chi connectivity index (χ2v) is 7.73. The molecular weight excluding hydrogens is 382 g/mol. The van der Waals surface area contributed by atoms with Gasteiger partial charge < -0.3 is 19.5 Å². The Morgan fingerprint density at radius 2 is 1.63 bits per heavy atom. The van der Waals surface area contributed by atoms with Crippen LogP contribution in [0.15, 0.2) is 48.5 Å². The minimum atomic E-state index is -1.40. The molecule has 2 aromatic carbocycles. The van der Waals surface area contributed by atoms with E-state index in [2.05, 4.69) is 11.4 Å². The quantitative estimate of drug-likeness (QED) is 0.577. The number of rotatable bonds is 6. The fourth-order valence-electron chi connectivity index (χ4n) is 5.04. The van der Waals surface area contributed by atoms with Crippen molar-refractivity contribution in [1.29, 1.82) is 0 Å². The van der Waals surface area contributed by atoms with Crippen LogP contribution < -0.4 is 10.1 Å². The summed E-state index contributed by atoms with van der Waals surface area (Å²) in [4.78, 5) is 26.5. The fraction of sp³-hybridized carbons (Fsp3) is 0.417. The lowest BCUT2D eigenvalue weighted by molar-refractivity contribution is -0.172. The minimum Gasteiger partial charge on any atom is -0.497 e. The molecule has 0 unspecified atom stereocenters. The number of methoxy groups -OCH3 is 1. The highest BCUT2D eigenvalue weighted by Gasteiger charge is 2.66. The van der Waals surface area contributed by atoms with Crippen molar-refractivity contribution in [2.45, 2.75) is 38.1 Å². The van der Waals surface area contributed by atoms with Gasteiger partial charge in [-0.1, -0.05) is 30.3 Å². The molecule has 3 atom stereocenters. The second kappa shape index (κ2) is 8.01. The van der Waals surface area contributed by atoms with Gasteiger partial charge in [-0.15, -0.1) is 0 Å². The lowest BCUT2D eigenvalue weighted by Crippen LogP contribution is -2.50. The third-order valence-electron chi connectivity index (χ3n) is 6.32. The normalized spacial score (nSPS) is 23.1. The van der Waals surface area contributed by atoms with Gasteiger partial charge in [-0.3, -0.25) is 9.59 Å². The number of para-hydroxylation sites is 1. The van der Waals surface area contributed by atoms with Crippen molar-refractivity contribution in [2.75, 3.05) is 25.6 Å². The maximum Gasteiger partial charge on any atom is 0.325 e. The highest BCUT2D eigenvalue weighted by Crippen LogP contribution is 2.61. The molecule has 1 aliphatic carbocycles. The van der Waals surface area contributed by atoms with Crippen LogP contribution in [0.1, 0.15) is 43.2 Å². The summed E-state index contributed by atoms with van der Waals surface area (Å²) in [6.07, 6.45) is 0.327. The molecule has 1 N–H and O–H groups in total. The number of esters is 2. The van der Waals surface area contributed by atoms with Crippen molar-refractivity contribution in [3.05, 3.63) is 59.7 Å². The standard InChI is InChI=1S/C24H27NO5/c1-4-29-22(26)24(23(27)30-5-2)14-18(15-10-12-16(28-3)13-11-15)20-17-8-6-7-9-19(17)25-21(20)24/h6-13,18,20-21,25H,4-5,14H2,1-3H3/t18-,20-,21-/m1/s1. The molecule has 0 radical (unpaired) electrons. The van der Waals surface area contributed by atoms with Crippen molar-refractivity contribution in [2.24, 2.45) is 5.41 Å². The zero-order valence-electron chi connectivity index (χ0n) is 17.5. The highest BCUT2D eigenvalue weighted by atomic mass is 16.6. The predicted molar refractivity (Wildman–Crippen MR) is 113 cm³/mol. The van der Waals surface area contributed by atoms with Crippen molar-refractivity contribution >= 4 is 17.6 Å². The molecule has 30 heavy (non-hydrogen) atoms. The van der Waals surface area contributed by atoms with Gasteiger partial charge in [0.15, 0.2) is 5.41 Å². The molecule has 0 saturated heterocycles. The molecule has 1 heterocycles. The summed E-state index contributed by atoms with van der Waals surface area (Å²) in [6.45, 7) is 3.91. The molecule has 4 rings (SSSR count). The third kappa shape index (κ3) is 3.02. The summed E-state index contributed by atoms with van der Waals surface area (Å²) in [5, 5.41) is 3.46. The molecule has 1 fully saturated rings. The first-order valence-corrected chi connectivity index (χ1v) is 10.4. The van der Waals surface area contributed by atoms with Crippen molar-refractivity contribution in [3.63, 3.8) is 0 Å². The Labute approximate surface area is 176 Å². The van der Waals surface area contributed by atoms with E-state index in [0.717, 1.165) is 22.6 Å². The smallest absolute Gasteiger partial charge is 0.325 e. The van der Waals surface area contributed by atoms with Gasteiger partial charge in [-0.05, 0) is 55.5 Å². The summed E-state index contributed by atoms with van der Waals surface area (Å²) in [5.41, 5.74) is 1.71. The molecule has 0 bridgehead atoms. The first kappa shape index (κ1) is 20.3. The summed E-state index contributed by atoms with van der Waals surface area (Å²) < 4.78 is 16.1. The molecule has 1 saturated carbocycles. The molecule has 158 valence electrons. The zero-order chi connectivity index (χ0) is 21.3. The van der Waals surface area contributed by atoms with E-state index in [1.807, 2.05) is 42.5 Å². The number of nitrogens with one attached hydrogen (secondary N) is 1. The Kier molecular flexibility index (Phi) is 5.41. The Bertz CT molecular complexity index is 921. The number of anilines is 1. The van der Waals surface area contributed by atoms with E-state index in [4.69, 9.17) is 14.2 Å². The van der Waals surface area contributed by atoms with Crippen LogP contribution in [-0.4, -0.2) is 38.3 Å². The van der Waals surface area contributed by atoms with Gasteiger partial charge in [0.25, 0.3) is 0 Å². The average molecular weight is 409 g/mol. The van der Waals surface area contributed by atoms with Crippen LogP contribution in [0, 0.1) is 5.41 Å². The number of carbonyl (C=O) groups is 2. The largest absolute Gasteiger partial charge is 0.497 e. The SMILES string of the molecule is CCOC(=O)C1(C(=O)OCC)C[C@H](c2ccc(OC)cc2)[C@H]2c3ccccc3N[C@H]21. The minimum absolute atomic E-state index is 0.0501. The number of fused-ring (bicyclic) bond motifs is 3. The Balaban J connectivity index is 1.85. The number of benzene rings is 2. The van der Waals surface area contributed by atoms with Crippen LogP contribution in [0.5, 0.6) is 5.75 Å². The molecule has 6 heteroatoms. The highest BCUT2D eigenvalue weighted by molar-refractivity contribution is 6.03. The van der Waals surface area contributed by atoms with Gasteiger partial charge in [0.1, 0.15) is 5.75 Å². The van der Waals surface area contributed by atoms with Gasteiger partial charge >= 0.3 is 11.9 Å². The van der Waals surface area contributed by atoms with Crippen LogP contribution in [0.25, 0.3) is 0 Å². The van der Waals surface area contributed by atoms with Crippen molar-refractivity contribution in [1.82, 2.24) is 0 Å². The monoisotopic (exact) mass is 409 g/mol. The molecule has 0 aromatic heterocycles. The van der Waals surface area contributed by atoms with Crippen molar-refractivity contribution in [3.8, 4) is 5.75 Å². The Morgan fingerprint density at radius 1 is 1.00 bits per heavy atom. The number of hydrogen-bond acceptors (Lipinski definition) is 6. The van der Waals surface area contributed by atoms with E-state index in [1.54, 1.807) is 21.0 Å². The number of carbonyl (C=O) groups excluding carboxylic acids is 2. The van der Waals surface area contributed by atoms with Gasteiger partial charge in [0.05, 0.1) is 26.4 Å². The van der Waals surface area contributed by atoms with E-state index in [-0.39, 0.29) is 25.0 Å². The third-order valence-corrected chi connectivity index (χ3v) is 6.32. The maximum atomic E-state index is 13.3. The van der Waals surface area contributed by atoms with E-state index >= 15 is 0 Å². The summed E-state index contributed by atoms with van der Waals surface area (Å²) >= 11 is 0. The predicted octanol–water partition coefficient (Wildman–Crippen LogP) is 3.87. The molecule has 2 aromatic rings. The molecule has 0 spiro atoms. The lowest BCUT2D eigenvalue weighted by Gasteiger charge is -2.30.